The van der Waals surface area contributed by atoms with Crippen molar-refractivity contribution in [3.63, 3.8) is 0 Å². The zero-order chi connectivity index (χ0) is 19.4. The van der Waals surface area contributed by atoms with Crippen molar-refractivity contribution in [1.29, 1.82) is 0 Å². The summed E-state index contributed by atoms with van der Waals surface area (Å²) in [5, 5.41) is 4.08. The maximum atomic E-state index is 12.4. The van der Waals surface area contributed by atoms with Crippen LogP contribution < -0.4 is 18.9 Å². The Kier molecular flexibility index (Phi) is 5.49. The first kappa shape index (κ1) is 18.6. The maximum Gasteiger partial charge on any atom is 0.365 e. The molecule has 7 heteroatoms. The number of fused-ring (bicyclic) bond motifs is 1. The molecular weight excluding hydrogens is 350 g/mol. The molecule has 0 saturated carbocycles. The van der Waals surface area contributed by atoms with Gasteiger partial charge in [0.05, 0.1) is 32.6 Å². The van der Waals surface area contributed by atoms with Gasteiger partial charge in [0.25, 0.3) is 0 Å². The van der Waals surface area contributed by atoms with E-state index in [9.17, 15) is 4.79 Å². The van der Waals surface area contributed by atoms with Crippen LogP contribution in [-0.4, -0.2) is 39.1 Å². The molecule has 142 valence electrons. The Morgan fingerprint density at radius 1 is 1.04 bits per heavy atom. The van der Waals surface area contributed by atoms with E-state index in [2.05, 4.69) is 5.16 Å². The molecule has 1 atom stereocenters. The number of oxime groups is 1. The van der Waals surface area contributed by atoms with E-state index >= 15 is 0 Å². The van der Waals surface area contributed by atoms with Gasteiger partial charge in [0.1, 0.15) is 17.6 Å². The van der Waals surface area contributed by atoms with Crippen LogP contribution in [0.3, 0.4) is 0 Å². The molecule has 2 aromatic carbocycles. The van der Waals surface area contributed by atoms with Gasteiger partial charge in [-0.2, -0.15) is 0 Å². The zero-order valence-electron chi connectivity index (χ0n) is 15.6. The van der Waals surface area contributed by atoms with Crippen LogP contribution in [-0.2, 0) is 4.84 Å². The van der Waals surface area contributed by atoms with Crippen molar-refractivity contribution in [2.75, 3.05) is 21.3 Å². The Morgan fingerprint density at radius 2 is 1.81 bits per heavy atom. The largest absolute Gasteiger partial charge is 0.497 e. The minimum absolute atomic E-state index is 0.0943. The SMILES string of the molecule is COc1ccc2c(c1)OC(C)C/C2=N/OC(=O)c1ccc(OC)c(OC)c1. The van der Waals surface area contributed by atoms with Crippen molar-refractivity contribution in [3.8, 4) is 23.0 Å². The van der Waals surface area contributed by atoms with Gasteiger partial charge in [-0.05, 0) is 37.3 Å². The lowest BCUT2D eigenvalue weighted by Crippen LogP contribution is -2.25. The van der Waals surface area contributed by atoms with E-state index < -0.39 is 5.97 Å². The van der Waals surface area contributed by atoms with Crippen LogP contribution in [0.25, 0.3) is 0 Å². The molecular formula is C20H21NO6. The molecule has 1 unspecified atom stereocenters. The number of carbonyl (C=O) groups excluding carboxylic acids is 1. The third-order valence-corrected chi connectivity index (χ3v) is 4.17. The summed E-state index contributed by atoms with van der Waals surface area (Å²) in [6.07, 6.45) is 0.432. The maximum absolute atomic E-state index is 12.4. The van der Waals surface area contributed by atoms with Gasteiger partial charge in [-0.25, -0.2) is 4.79 Å². The molecule has 0 radical (unpaired) electrons. The predicted octanol–water partition coefficient (Wildman–Crippen LogP) is 3.44. The van der Waals surface area contributed by atoms with Crippen LogP contribution in [0.1, 0.15) is 29.3 Å². The van der Waals surface area contributed by atoms with Crippen molar-refractivity contribution in [3.05, 3.63) is 47.5 Å². The van der Waals surface area contributed by atoms with Gasteiger partial charge in [0.15, 0.2) is 11.5 Å². The first-order chi connectivity index (χ1) is 13.0. The fourth-order valence-corrected chi connectivity index (χ4v) is 2.81. The van der Waals surface area contributed by atoms with Crippen LogP contribution in [0.5, 0.6) is 23.0 Å². The van der Waals surface area contributed by atoms with Crippen molar-refractivity contribution >= 4 is 11.7 Å². The van der Waals surface area contributed by atoms with Crippen molar-refractivity contribution < 1.29 is 28.6 Å². The number of hydrogen-bond donors (Lipinski definition) is 0. The highest BCUT2D eigenvalue weighted by atomic mass is 16.7. The summed E-state index contributed by atoms with van der Waals surface area (Å²) >= 11 is 0. The molecule has 0 saturated heterocycles. The van der Waals surface area contributed by atoms with Gasteiger partial charge in [-0.3, -0.25) is 0 Å². The van der Waals surface area contributed by atoms with Gasteiger partial charge in [-0.15, -0.1) is 0 Å². The van der Waals surface area contributed by atoms with E-state index in [1.165, 1.54) is 14.2 Å². The number of nitrogens with zero attached hydrogens (tertiary/aromatic N) is 1. The zero-order valence-corrected chi connectivity index (χ0v) is 15.6. The number of carbonyl (C=O) groups is 1. The fourth-order valence-electron chi connectivity index (χ4n) is 2.81. The number of benzene rings is 2. The van der Waals surface area contributed by atoms with E-state index in [0.29, 0.717) is 40.7 Å². The first-order valence-electron chi connectivity index (χ1n) is 8.41. The molecule has 1 aliphatic heterocycles. The average Bonchev–Trinajstić information content (AvgIpc) is 2.70. The standard InChI is InChI=1S/C20H21NO6/c1-12-9-16(15-7-6-14(23-2)11-18(15)26-12)21-27-20(22)13-5-8-17(24-3)19(10-13)25-4/h5-8,10-12H,9H2,1-4H3/b21-16-. The molecule has 0 fully saturated rings. The molecule has 0 spiro atoms. The molecule has 0 aromatic heterocycles. The van der Waals surface area contributed by atoms with Gasteiger partial charge in [-0.1, -0.05) is 5.16 Å². The van der Waals surface area contributed by atoms with Gasteiger partial charge in [0.2, 0.25) is 0 Å². The Hall–Kier alpha value is -3.22. The third kappa shape index (κ3) is 3.97. The molecule has 0 amide bonds. The number of methoxy groups -OCH3 is 3. The average molecular weight is 371 g/mol. The summed E-state index contributed by atoms with van der Waals surface area (Å²) in [5.41, 5.74) is 1.72. The van der Waals surface area contributed by atoms with Crippen LogP contribution in [0.15, 0.2) is 41.6 Å². The summed E-state index contributed by atoms with van der Waals surface area (Å²) in [7, 11) is 4.62. The molecule has 2 aromatic rings. The summed E-state index contributed by atoms with van der Waals surface area (Å²) in [5.74, 6) is 1.72. The monoisotopic (exact) mass is 371 g/mol. The molecule has 0 aliphatic carbocycles. The molecule has 3 rings (SSSR count). The number of rotatable bonds is 5. The molecule has 1 heterocycles. The Labute approximate surface area is 157 Å². The van der Waals surface area contributed by atoms with Gasteiger partial charge in [0, 0.05) is 18.1 Å². The third-order valence-electron chi connectivity index (χ3n) is 4.17. The van der Waals surface area contributed by atoms with Crippen LogP contribution in [0.2, 0.25) is 0 Å². The van der Waals surface area contributed by atoms with E-state index in [1.54, 1.807) is 31.4 Å². The van der Waals surface area contributed by atoms with Crippen LogP contribution in [0, 0.1) is 0 Å². The van der Waals surface area contributed by atoms with E-state index in [4.69, 9.17) is 23.8 Å². The lowest BCUT2D eigenvalue weighted by Gasteiger charge is -2.24. The van der Waals surface area contributed by atoms with Crippen molar-refractivity contribution in [1.82, 2.24) is 0 Å². The van der Waals surface area contributed by atoms with Crippen molar-refractivity contribution in [2.24, 2.45) is 5.16 Å². The summed E-state index contributed by atoms with van der Waals surface area (Å²) in [6, 6.07) is 10.2. The van der Waals surface area contributed by atoms with E-state index in [-0.39, 0.29) is 6.10 Å². The number of hydrogen-bond acceptors (Lipinski definition) is 7. The minimum Gasteiger partial charge on any atom is -0.497 e. The first-order valence-corrected chi connectivity index (χ1v) is 8.41. The highest BCUT2D eigenvalue weighted by molar-refractivity contribution is 6.04. The second-order valence-electron chi connectivity index (χ2n) is 5.98. The highest BCUT2D eigenvalue weighted by Crippen LogP contribution is 2.32. The summed E-state index contributed by atoms with van der Waals surface area (Å²) < 4.78 is 21.4. The van der Waals surface area contributed by atoms with Crippen molar-refractivity contribution in [2.45, 2.75) is 19.4 Å². The smallest absolute Gasteiger partial charge is 0.365 e. The Bertz CT molecular complexity index is 877. The molecule has 0 bridgehead atoms. The van der Waals surface area contributed by atoms with Crippen LogP contribution in [0.4, 0.5) is 0 Å². The van der Waals surface area contributed by atoms with E-state index in [0.717, 1.165) is 5.56 Å². The van der Waals surface area contributed by atoms with Gasteiger partial charge >= 0.3 is 5.97 Å². The molecule has 7 nitrogen and oxygen atoms in total. The van der Waals surface area contributed by atoms with E-state index in [1.807, 2.05) is 19.1 Å². The summed E-state index contributed by atoms with van der Waals surface area (Å²) in [6.45, 7) is 1.92. The second kappa shape index (κ2) is 7.99. The summed E-state index contributed by atoms with van der Waals surface area (Å²) in [4.78, 5) is 17.5. The Balaban J connectivity index is 1.83. The quantitative estimate of drug-likeness (QED) is 0.592. The highest BCUT2D eigenvalue weighted by Gasteiger charge is 2.24. The van der Waals surface area contributed by atoms with Gasteiger partial charge < -0.3 is 23.8 Å². The lowest BCUT2D eigenvalue weighted by atomic mass is 10.0. The molecule has 27 heavy (non-hydrogen) atoms. The predicted molar refractivity (Wildman–Crippen MR) is 99.2 cm³/mol. The topological polar surface area (TPSA) is 75.6 Å². The van der Waals surface area contributed by atoms with Crippen LogP contribution >= 0.6 is 0 Å². The lowest BCUT2D eigenvalue weighted by molar-refractivity contribution is 0.0512. The fraction of sp³-hybridized carbons (Fsp3) is 0.300. The minimum atomic E-state index is -0.586. The second-order valence-corrected chi connectivity index (χ2v) is 5.98. The number of ether oxygens (including phenoxy) is 4. The Morgan fingerprint density at radius 3 is 2.52 bits per heavy atom. The molecule has 0 N–H and O–H groups in total. The molecule has 1 aliphatic rings. The normalized spacial score (nSPS) is 16.9.